The number of nitrogens with one attached hydrogen (secondary N) is 1. The van der Waals surface area contributed by atoms with Gasteiger partial charge in [0.1, 0.15) is 10.7 Å². The molecule has 0 aliphatic carbocycles. The summed E-state index contributed by atoms with van der Waals surface area (Å²) in [6, 6.07) is 6.01. The Morgan fingerprint density at radius 2 is 2.35 bits per heavy atom. The summed E-state index contributed by atoms with van der Waals surface area (Å²) < 4.78 is 2.11. The Balaban J connectivity index is 2.29. The van der Waals surface area contributed by atoms with Crippen molar-refractivity contribution in [3.63, 3.8) is 0 Å². The van der Waals surface area contributed by atoms with E-state index in [2.05, 4.69) is 14.7 Å². The second-order valence-electron chi connectivity index (χ2n) is 3.75. The molecule has 0 radical (unpaired) electrons. The lowest BCUT2D eigenvalue weighted by molar-refractivity contribution is 0.296. The first kappa shape index (κ1) is 12.4. The van der Waals surface area contributed by atoms with Crippen LogP contribution in [-0.2, 0) is 6.54 Å². The van der Waals surface area contributed by atoms with Gasteiger partial charge in [-0.15, -0.1) is 11.8 Å². The van der Waals surface area contributed by atoms with E-state index in [0.29, 0.717) is 0 Å². The third-order valence-electron chi connectivity index (χ3n) is 2.48. The van der Waals surface area contributed by atoms with Crippen LogP contribution in [0.4, 0.5) is 0 Å². The lowest BCUT2D eigenvalue weighted by Gasteiger charge is -2.03. The van der Waals surface area contributed by atoms with Gasteiger partial charge in [0.2, 0.25) is 0 Å². The fourth-order valence-corrected chi connectivity index (χ4v) is 2.66. The monoisotopic (exact) mass is 251 g/mol. The van der Waals surface area contributed by atoms with E-state index in [1.807, 2.05) is 31.4 Å². The highest BCUT2D eigenvalue weighted by Crippen LogP contribution is 2.23. The molecular formula is C12H17N3OS. The van der Waals surface area contributed by atoms with Gasteiger partial charge in [0.05, 0.1) is 5.69 Å². The lowest BCUT2D eigenvalue weighted by Crippen LogP contribution is -2.08. The minimum Gasteiger partial charge on any atom is -0.396 e. The summed E-state index contributed by atoms with van der Waals surface area (Å²) in [5.74, 6) is 0.900. The highest BCUT2D eigenvalue weighted by atomic mass is 32.2. The van der Waals surface area contributed by atoms with Crippen LogP contribution in [0.1, 0.15) is 12.1 Å². The van der Waals surface area contributed by atoms with Crippen molar-refractivity contribution in [3.05, 3.63) is 30.1 Å². The Morgan fingerprint density at radius 1 is 1.47 bits per heavy atom. The zero-order valence-electron chi connectivity index (χ0n) is 9.89. The fourth-order valence-electron chi connectivity index (χ4n) is 1.70. The third kappa shape index (κ3) is 2.80. The molecule has 0 aliphatic rings. The standard InChI is InChI=1S/C12H17N3OS/c1-13-9-10-12(17-8-4-7-16)14-11-5-2-3-6-15(10)11/h2-3,5-6,13,16H,4,7-9H2,1H3. The van der Waals surface area contributed by atoms with Gasteiger partial charge in [-0.3, -0.25) is 0 Å². The lowest BCUT2D eigenvalue weighted by atomic mass is 10.4. The van der Waals surface area contributed by atoms with E-state index in [1.165, 1.54) is 5.69 Å². The molecule has 17 heavy (non-hydrogen) atoms. The smallest absolute Gasteiger partial charge is 0.138 e. The number of pyridine rings is 1. The van der Waals surface area contributed by atoms with Crippen LogP contribution in [0.25, 0.3) is 5.65 Å². The largest absolute Gasteiger partial charge is 0.396 e. The van der Waals surface area contributed by atoms with Crippen LogP contribution in [0.5, 0.6) is 0 Å². The Labute approximate surface area is 105 Å². The molecule has 5 heteroatoms. The predicted molar refractivity (Wildman–Crippen MR) is 70.4 cm³/mol. The van der Waals surface area contributed by atoms with Crippen molar-refractivity contribution in [1.82, 2.24) is 14.7 Å². The molecular weight excluding hydrogens is 234 g/mol. The molecule has 0 spiro atoms. The van der Waals surface area contributed by atoms with Crippen LogP contribution in [0, 0.1) is 0 Å². The van der Waals surface area contributed by atoms with Crippen molar-refractivity contribution < 1.29 is 5.11 Å². The Bertz CT molecular complexity index is 484. The van der Waals surface area contributed by atoms with Crippen molar-refractivity contribution in [2.75, 3.05) is 19.4 Å². The SMILES string of the molecule is CNCc1c(SCCCO)nc2ccccn12. The second kappa shape index (κ2) is 6.05. The van der Waals surface area contributed by atoms with Gasteiger partial charge in [-0.25, -0.2) is 4.98 Å². The van der Waals surface area contributed by atoms with Gasteiger partial charge in [0.25, 0.3) is 0 Å². The average molecular weight is 251 g/mol. The maximum absolute atomic E-state index is 8.81. The number of imidazole rings is 1. The summed E-state index contributed by atoms with van der Waals surface area (Å²) in [6.45, 7) is 1.04. The van der Waals surface area contributed by atoms with E-state index in [1.54, 1.807) is 11.8 Å². The molecule has 0 saturated carbocycles. The second-order valence-corrected chi connectivity index (χ2v) is 4.83. The summed E-state index contributed by atoms with van der Waals surface area (Å²) in [6.07, 6.45) is 2.84. The molecule has 2 heterocycles. The van der Waals surface area contributed by atoms with E-state index < -0.39 is 0 Å². The van der Waals surface area contributed by atoms with Crippen molar-refractivity contribution in [2.24, 2.45) is 0 Å². The van der Waals surface area contributed by atoms with Gasteiger partial charge in [-0.2, -0.15) is 0 Å². The molecule has 2 rings (SSSR count). The highest BCUT2D eigenvalue weighted by molar-refractivity contribution is 7.99. The average Bonchev–Trinajstić information content (AvgIpc) is 2.69. The number of aromatic nitrogens is 2. The first-order valence-electron chi connectivity index (χ1n) is 5.71. The number of hydrogen-bond acceptors (Lipinski definition) is 4. The van der Waals surface area contributed by atoms with Gasteiger partial charge >= 0.3 is 0 Å². The van der Waals surface area contributed by atoms with Gasteiger partial charge < -0.3 is 14.8 Å². The minimum absolute atomic E-state index is 0.238. The number of rotatable bonds is 6. The normalized spacial score (nSPS) is 11.2. The van der Waals surface area contributed by atoms with Crippen molar-refractivity contribution in [2.45, 2.75) is 18.0 Å². The molecule has 0 unspecified atom stereocenters. The first-order valence-corrected chi connectivity index (χ1v) is 6.69. The number of aliphatic hydroxyl groups is 1. The predicted octanol–water partition coefficient (Wildman–Crippen LogP) is 1.53. The van der Waals surface area contributed by atoms with Crippen molar-refractivity contribution in [1.29, 1.82) is 0 Å². The van der Waals surface area contributed by atoms with E-state index in [-0.39, 0.29) is 6.61 Å². The summed E-state index contributed by atoms with van der Waals surface area (Å²) in [5, 5.41) is 13.0. The number of fused-ring (bicyclic) bond motifs is 1. The van der Waals surface area contributed by atoms with Gasteiger partial charge in [0, 0.05) is 25.1 Å². The zero-order valence-corrected chi connectivity index (χ0v) is 10.7. The molecule has 2 aromatic heterocycles. The van der Waals surface area contributed by atoms with Crippen LogP contribution in [-0.4, -0.2) is 33.9 Å². The topological polar surface area (TPSA) is 49.6 Å². The van der Waals surface area contributed by atoms with Crippen molar-refractivity contribution >= 4 is 17.4 Å². The molecule has 0 aliphatic heterocycles. The maximum atomic E-state index is 8.81. The van der Waals surface area contributed by atoms with Crippen LogP contribution < -0.4 is 5.32 Å². The summed E-state index contributed by atoms with van der Waals surface area (Å²) >= 11 is 1.71. The molecule has 0 aromatic carbocycles. The summed E-state index contributed by atoms with van der Waals surface area (Å²) in [7, 11) is 1.94. The van der Waals surface area contributed by atoms with E-state index in [0.717, 1.165) is 29.4 Å². The van der Waals surface area contributed by atoms with Gasteiger partial charge in [-0.1, -0.05) is 6.07 Å². The van der Waals surface area contributed by atoms with Crippen molar-refractivity contribution in [3.8, 4) is 0 Å². The number of aliphatic hydroxyl groups excluding tert-OH is 1. The Kier molecular flexibility index (Phi) is 4.42. The van der Waals surface area contributed by atoms with Crippen LogP contribution in [0.15, 0.2) is 29.4 Å². The first-order chi connectivity index (χ1) is 8.36. The minimum atomic E-state index is 0.238. The Morgan fingerprint density at radius 3 is 3.12 bits per heavy atom. The molecule has 0 atom stereocenters. The molecule has 0 fully saturated rings. The summed E-state index contributed by atoms with van der Waals surface area (Å²) in [4.78, 5) is 4.61. The Hall–Kier alpha value is -1.04. The van der Waals surface area contributed by atoms with Crippen LogP contribution in [0.3, 0.4) is 0 Å². The van der Waals surface area contributed by atoms with E-state index >= 15 is 0 Å². The van der Waals surface area contributed by atoms with E-state index in [4.69, 9.17) is 5.11 Å². The molecule has 2 N–H and O–H groups in total. The number of thioether (sulfide) groups is 1. The summed E-state index contributed by atoms with van der Waals surface area (Å²) in [5.41, 5.74) is 2.16. The highest BCUT2D eigenvalue weighted by Gasteiger charge is 2.10. The number of hydrogen-bond donors (Lipinski definition) is 2. The van der Waals surface area contributed by atoms with Gasteiger partial charge in [-0.05, 0) is 25.6 Å². The number of nitrogens with zero attached hydrogens (tertiary/aromatic N) is 2. The molecule has 0 amide bonds. The molecule has 92 valence electrons. The molecule has 0 bridgehead atoms. The fraction of sp³-hybridized carbons (Fsp3) is 0.417. The molecule has 4 nitrogen and oxygen atoms in total. The maximum Gasteiger partial charge on any atom is 0.138 e. The van der Waals surface area contributed by atoms with E-state index in [9.17, 15) is 0 Å². The van der Waals surface area contributed by atoms with Crippen LogP contribution in [0.2, 0.25) is 0 Å². The zero-order chi connectivity index (χ0) is 12.1. The third-order valence-corrected chi connectivity index (χ3v) is 3.57. The van der Waals surface area contributed by atoms with Crippen LogP contribution >= 0.6 is 11.8 Å². The van der Waals surface area contributed by atoms with Gasteiger partial charge in [0.15, 0.2) is 0 Å². The quantitative estimate of drug-likeness (QED) is 0.604. The molecule has 2 aromatic rings. The molecule has 0 saturated heterocycles.